The zero-order valence-corrected chi connectivity index (χ0v) is 28.4. The van der Waals surface area contributed by atoms with Gasteiger partial charge in [-0.2, -0.15) is 0 Å². The summed E-state index contributed by atoms with van der Waals surface area (Å²) in [5, 5.41) is 23.8. The Hall–Kier alpha value is -2.83. The Labute approximate surface area is 280 Å². The highest BCUT2D eigenvalue weighted by atomic mass is 127. The van der Waals surface area contributed by atoms with Crippen molar-refractivity contribution in [1.82, 2.24) is 10.2 Å². The number of fused-ring (bicyclic) bond motifs is 1. The van der Waals surface area contributed by atoms with Gasteiger partial charge in [0, 0.05) is 31.5 Å². The number of para-hydroxylation sites is 1. The Morgan fingerprint density at radius 2 is 1.71 bits per heavy atom. The average molecular weight is 735 g/mol. The van der Waals surface area contributed by atoms with Gasteiger partial charge in [0.1, 0.15) is 18.0 Å². The number of benzene rings is 2. The van der Waals surface area contributed by atoms with Crippen LogP contribution in [0.1, 0.15) is 83.1 Å². The number of unbranched alkanes of at least 4 members (excludes halogenated alkanes) is 8. The molecule has 2 aliphatic rings. The minimum atomic E-state index is -1.09. The first-order valence-electron chi connectivity index (χ1n) is 16.3. The van der Waals surface area contributed by atoms with Gasteiger partial charge in [-0.15, -0.1) is 0 Å². The minimum absolute atomic E-state index is 0.0790. The van der Waals surface area contributed by atoms with Crippen molar-refractivity contribution in [3.05, 3.63) is 63.2 Å². The van der Waals surface area contributed by atoms with E-state index in [1.165, 1.54) is 38.5 Å². The standard InChI is InChI=1S/C35H47IN2O7/c1-2-3-4-5-6-7-8-9-10-15-33(40)38(23-25-16-17-30-31(20-25)44-24-43-30)28-21-26(35(42)37-18-19-39)22-32(34(28)41)45-29-14-12-11-13-27(29)36/h11-14,16-17,20,22,28,32,34,39,41H,2-10,15,18-19,21,23-24H2,1H3,(H,37,42). The molecule has 0 saturated heterocycles. The molecule has 0 aromatic heterocycles. The Bertz CT molecular complexity index is 1290. The van der Waals surface area contributed by atoms with Crippen molar-refractivity contribution in [2.75, 3.05) is 19.9 Å². The molecule has 45 heavy (non-hydrogen) atoms. The second kappa shape index (κ2) is 18.3. The molecule has 0 fully saturated rings. The summed E-state index contributed by atoms with van der Waals surface area (Å²) in [5.41, 5.74) is 1.24. The minimum Gasteiger partial charge on any atom is -0.482 e. The van der Waals surface area contributed by atoms with E-state index in [2.05, 4.69) is 34.8 Å². The molecule has 2 amide bonds. The molecule has 0 spiro atoms. The number of carbonyl (C=O) groups is 2. The largest absolute Gasteiger partial charge is 0.482 e. The summed E-state index contributed by atoms with van der Waals surface area (Å²) in [5.74, 6) is 1.42. The van der Waals surface area contributed by atoms with Crippen molar-refractivity contribution in [3.8, 4) is 17.2 Å². The molecule has 3 atom stereocenters. The van der Waals surface area contributed by atoms with Crippen LogP contribution in [0.3, 0.4) is 0 Å². The van der Waals surface area contributed by atoms with Crippen molar-refractivity contribution >= 4 is 34.4 Å². The number of carbonyl (C=O) groups excluding carboxylic acids is 2. The lowest BCUT2D eigenvalue weighted by Gasteiger charge is -2.40. The van der Waals surface area contributed by atoms with Gasteiger partial charge in [0.05, 0.1) is 16.2 Å². The monoisotopic (exact) mass is 734 g/mol. The first-order valence-corrected chi connectivity index (χ1v) is 17.4. The van der Waals surface area contributed by atoms with Crippen LogP contribution in [-0.2, 0) is 16.1 Å². The van der Waals surface area contributed by atoms with Crippen LogP contribution in [0.5, 0.6) is 17.2 Å². The number of hydrogen-bond acceptors (Lipinski definition) is 7. The number of rotatable bonds is 18. The average Bonchev–Trinajstić information content (AvgIpc) is 3.52. The van der Waals surface area contributed by atoms with Gasteiger partial charge in [-0.25, -0.2) is 0 Å². The van der Waals surface area contributed by atoms with Crippen LogP contribution < -0.4 is 19.5 Å². The van der Waals surface area contributed by atoms with Crippen LogP contribution in [0, 0.1) is 3.57 Å². The van der Waals surface area contributed by atoms with Gasteiger partial charge < -0.3 is 34.6 Å². The molecular formula is C35H47IN2O7. The second-order valence-electron chi connectivity index (χ2n) is 11.7. The number of amides is 2. The fraction of sp³-hybridized carbons (Fsp3) is 0.543. The van der Waals surface area contributed by atoms with Gasteiger partial charge in [-0.3, -0.25) is 9.59 Å². The van der Waals surface area contributed by atoms with Gasteiger partial charge in [0.25, 0.3) is 0 Å². The van der Waals surface area contributed by atoms with E-state index < -0.39 is 18.2 Å². The van der Waals surface area contributed by atoms with Gasteiger partial charge in [-0.1, -0.05) is 76.5 Å². The smallest absolute Gasteiger partial charge is 0.247 e. The first-order chi connectivity index (χ1) is 21.9. The molecule has 2 aromatic rings. The number of halogens is 1. The summed E-state index contributed by atoms with van der Waals surface area (Å²) < 4.78 is 18.2. The number of aliphatic hydroxyl groups excluding tert-OH is 2. The van der Waals surface area contributed by atoms with E-state index in [-0.39, 0.29) is 44.7 Å². The van der Waals surface area contributed by atoms with E-state index in [0.29, 0.717) is 29.2 Å². The van der Waals surface area contributed by atoms with E-state index in [0.717, 1.165) is 28.4 Å². The third kappa shape index (κ3) is 10.3. The van der Waals surface area contributed by atoms with E-state index in [4.69, 9.17) is 14.2 Å². The number of aliphatic hydroxyl groups is 2. The molecule has 3 N–H and O–H groups in total. The molecule has 2 aromatic carbocycles. The summed E-state index contributed by atoms with van der Waals surface area (Å²) in [6.45, 7) is 2.51. The second-order valence-corrected chi connectivity index (χ2v) is 12.9. The zero-order valence-electron chi connectivity index (χ0n) is 26.2. The lowest BCUT2D eigenvalue weighted by atomic mass is 9.87. The summed E-state index contributed by atoms with van der Waals surface area (Å²) in [6, 6.07) is 12.3. The van der Waals surface area contributed by atoms with Crippen LogP contribution in [0.15, 0.2) is 54.1 Å². The van der Waals surface area contributed by atoms with E-state index in [9.17, 15) is 19.8 Å². The van der Waals surface area contributed by atoms with E-state index >= 15 is 0 Å². The highest BCUT2D eigenvalue weighted by Gasteiger charge is 2.40. The summed E-state index contributed by atoms with van der Waals surface area (Å²) >= 11 is 2.17. The van der Waals surface area contributed by atoms with Crippen LogP contribution in [-0.4, -0.2) is 65.1 Å². The molecule has 0 bridgehead atoms. The van der Waals surface area contributed by atoms with Crippen LogP contribution in [0.4, 0.5) is 0 Å². The maximum Gasteiger partial charge on any atom is 0.247 e. The highest BCUT2D eigenvalue weighted by Crippen LogP contribution is 2.35. The SMILES string of the molecule is CCCCCCCCCCCC(=O)N(Cc1ccc2c(c1)OCO2)C1CC(C(=O)NCCO)=CC(Oc2ccccc2I)C1O. The maximum atomic E-state index is 14.0. The number of nitrogens with one attached hydrogen (secondary N) is 1. The number of ether oxygens (including phenoxy) is 3. The Balaban J connectivity index is 1.53. The summed E-state index contributed by atoms with van der Waals surface area (Å²) in [7, 11) is 0. The lowest BCUT2D eigenvalue weighted by molar-refractivity contribution is -0.139. The van der Waals surface area contributed by atoms with Crippen LogP contribution in [0.2, 0.25) is 0 Å². The predicted octanol–water partition coefficient (Wildman–Crippen LogP) is 5.89. The lowest BCUT2D eigenvalue weighted by Crippen LogP contribution is -2.54. The van der Waals surface area contributed by atoms with Crippen molar-refractivity contribution < 1.29 is 34.0 Å². The third-order valence-electron chi connectivity index (χ3n) is 8.32. The van der Waals surface area contributed by atoms with Crippen molar-refractivity contribution in [2.24, 2.45) is 0 Å². The number of hydrogen-bond donors (Lipinski definition) is 3. The Kier molecular flexibility index (Phi) is 14.3. The van der Waals surface area contributed by atoms with Crippen molar-refractivity contribution in [1.29, 1.82) is 0 Å². The normalized spacial score (nSPS) is 18.8. The van der Waals surface area contributed by atoms with Gasteiger partial charge in [-0.05, 0) is 64.9 Å². The molecule has 0 radical (unpaired) electrons. The first kappa shape index (κ1) is 35.0. The molecule has 9 nitrogen and oxygen atoms in total. The molecule has 3 unspecified atom stereocenters. The quantitative estimate of drug-likeness (QED) is 0.129. The molecule has 1 heterocycles. The fourth-order valence-corrected chi connectivity index (χ4v) is 6.34. The molecule has 1 aliphatic carbocycles. The van der Waals surface area contributed by atoms with E-state index in [1.54, 1.807) is 11.0 Å². The number of nitrogens with zero attached hydrogens (tertiary/aromatic N) is 1. The third-order valence-corrected chi connectivity index (χ3v) is 9.21. The molecule has 4 rings (SSSR count). The molecule has 1 aliphatic heterocycles. The fourth-order valence-electron chi connectivity index (χ4n) is 5.82. The molecule has 0 saturated carbocycles. The molecule has 246 valence electrons. The summed E-state index contributed by atoms with van der Waals surface area (Å²) in [6.07, 6.45) is 10.5. The topological polar surface area (TPSA) is 118 Å². The Morgan fingerprint density at radius 1 is 1.00 bits per heavy atom. The molecular weight excluding hydrogens is 687 g/mol. The van der Waals surface area contributed by atoms with Gasteiger partial charge in [0.15, 0.2) is 11.5 Å². The van der Waals surface area contributed by atoms with Crippen LogP contribution >= 0.6 is 22.6 Å². The predicted molar refractivity (Wildman–Crippen MR) is 181 cm³/mol. The summed E-state index contributed by atoms with van der Waals surface area (Å²) in [4.78, 5) is 28.8. The van der Waals surface area contributed by atoms with Crippen LogP contribution in [0.25, 0.3) is 0 Å². The molecule has 10 heteroatoms. The van der Waals surface area contributed by atoms with E-state index in [1.807, 2.05) is 42.5 Å². The highest BCUT2D eigenvalue weighted by molar-refractivity contribution is 14.1. The zero-order chi connectivity index (χ0) is 32.0. The van der Waals surface area contributed by atoms with Gasteiger partial charge in [0.2, 0.25) is 18.6 Å². The van der Waals surface area contributed by atoms with Gasteiger partial charge >= 0.3 is 0 Å². The van der Waals surface area contributed by atoms with Crippen molar-refractivity contribution in [2.45, 2.75) is 102 Å². The van der Waals surface area contributed by atoms with Crippen molar-refractivity contribution in [3.63, 3.8) is 0 Å². The Morgan fingerprint density at radius 3 is 2.44 bits per heavy atom. The maximum absolute atomic E-state index is 14.0.